The van der Waals surface area contributed by atoms with Crippen LogP contribution in [0.5, 0.6) is 5.75 Å². The summed E-state index contributed by atoms with van der Waals surface area (Å²) in [6.45, 7) is 10.8. The van der Waals surface area contributed by atoms with E-state index >= 15 is 0 Å². The van der Waals surface area contributed by atoms with Crippen molar-refractivity contribution in [2.24, 2.45) is 5.92 Å². The minimum atomic E-state index is 0.143. The zero-order valence-electron chi connectivity index (χ0n) is 21.3. The molecule has 0 aromatic heterocycles. The minimum absolute atomic E-state index is 0.143. The molecule has 0 radical (unpaired) electrons. The van der Waals surface area contributed by atoms with Crippen LogP contribution in [0.25, 0.3) is 0 Å². The van der Waals surface area contributed by atoms with Crippen molar-refractivity contribution in [2.45, 2.75) is 71.3 Å². The molecule has 0 N–H and O–H groups in total. The third-order valence-electron chi connectivity index (χ3n) is 8.04. The number of amides is 1. The predicted molar refractivity (Wildman–Crippen MR) is 135 cm³/mol. The average Bonchev–Trinajstić information content (AvgIpc) is 3.27. The van der Waals surface area contributed by atoms with Crippen molar-refractivity contribution >= 4 is 11.7 Å². The van der Waals surface area contributed by atoms with E-state index in [0.29, 0.717) is 25.1 Å². The lowest BCUT2D eigenvalue weighted by Gasteiger charge is -2.36. The highest BCUT2D eigenvalue weighted by Crippen LogP contribution is 2.26. The molecule has 1 atom stereocenters. The number of hydrogen-bond acceptors (Lipinski definition) is 5. The second kappa shape index (κ2) is 12.2. The summed E-state index contributed by atoms with van der Waals surface area (Å²) in [5.41, 5.74) is 1.76. The fourth-order valence-electron chi connectivity index (χ4n) is 5.79. The normalized spacial score (nSPS) is 22.8. The fourth-order valence-corrected chi connectivity index (χ4v) is 5.79. The van der Waals surface area contributed by atoms with Crippen LogP contribution in [-0.4, -0.2) is 84.9 Å². The molecule has 6 heteroatoms. The molecule has 6 nitrogen and oxygen atoms in total. The van der Waals surface area contributed by atoms with Gasteiger partial charge in [0, 0.05) is 50.2 Å². The lowest BCUT2D eigenvalue weighted by atomic mass is 9.88. The summed E-state index contributed by atoms with van der Waals surface area (Å²) in [7, 11) is 0. The van der Waals surface area contributed by atoms with Crippen LogP contribution in [0, 0.1) is 12.8 Å². The van der Waals surface area contributed by atoms with E-state index in [1.54, 1.807) is 0 Å². The Morgan fingerprint density at radius 3 is 2.41 bits per heavy atom. The van der Waals surface area contributed by atoms with Crippen LogP contribution >= 0.6 is 0 Å². The van der Waals surface area contributed by atoms with Gasteiger partial charge < -0.3 is 14.5 Å². The first kappa shape index (κ1) is 25.2. The number of hydrogen-bond donors (Lipinski definition) is 0. The van der Waals surface area contributed by atoms with Crippen LogP contribution < -0.4 is 4.74 Å². The lowest BCUT2D eigenvalue weighted by molar-refractivity contribution is -0.138. The van der Waals surface area contributed by atoms with Crippen LogP contribution in [0.4, 0.5) is 0 Å². The number of benzene rings is 1. The molecule has 1 amide bonds. The zero-order chi connectivity index (χ0) is 23.9. The first-order chi connectivity index (χ1) is 16.5. The highest BCUT2D eigenvalue weighted by Gasteiger charge is 2.29. The third kappa shape index (κ3) is 6.60. The molecule has 0 unspecified atom stereocenters. The van der Waals surface area contributed by atoms with Gasteiger partial charge in [-0.05, 0) is 76.3 Å². The molecule has 0 bridgehead atoms. The Morgan fingerprint density at radius 1 is 0.971 bits per heavy atom. The van der Waals surface area contributed by atoms with Crippen LogP contribution in [0.2, 0.25) is 0 Å². The smallest absolute Gasteiger partial charge is 0.225 e. The van der Waals surface area contributed by atoms with Crippen LogP contribution in [0.1, 0.15) is 74.2 Å². The third-order valence-corrected chi connectivity index (χ3v) is 8.04. The largest absolute Gasteiger partial charge is 0.493 e. The summed E-state index contributed by atoms with van der Waals surface area (Å²) in [6, 6.07) is 6.51. The molecular formula is C28H43N3O3. The molecule has 0 spiro atoms. The van der Waals surface area contributed by atoms with E-state index in [9.17, 15) is 9.59 Å². The molecule has 1 aromatic carbocycles. The van der Waals surface area contributed by atoms with E-state index < -0.39 is 0 Å². The van der Waals surface area contributed by atoms with Crippen molar-refractivity contribution in [2.75, 3.05) is 52.4 Å². The Morgan fingerprint density at radius 2 is 1.74 bits per heavy atom. The molecule has 1 aliphatic carbocycles. The van der Waals surface area contributed by atoms with E-state index in [1.807, 2.05) is 30.0 Å². The Bertz CT molecular complexity index is 828. The lowest BCUT2D eigenvalue weighted by Crippen LogP contribution is -2.51. The van der Waals surface area contributed by atoms with Crippen molar-refractivity contribution in [1.29, 1.82) is 0 Å². The van der Waals surface area contributed by atoms with Crippen LogP contribution in [0.15, 0.2) is 18.2 Å². The molecule has 3 fully saturated rings. The molecule has 2 saturated heterocycles. The maximum Gasteiger partial charge on any atom is 0.225 e. The van der Waals surface area contributed by atoms with Crippen molar-refractivity contribution in [3.05, 3.63) is 29.3 Å². The predicted octanol–water partition coefficient (Wildman–Crippen LogP) is 4.16. The number of rotatable bonds is 9. The number of Topliss-reactive ketones (excluding diaryl/α,β-unsaturated/α-hetero) is 1. The van der Waals surface area contributed by atoms with Gasteiger partial charge in [-0.1, -0.05) is 19.3 Å². The van der Waals surface area contributed by atoms with Gasteiger partial charge in [-0.15, -0.1) is 0 Å². The highest BCUT2D eigenvalue weighted by molar-refractivity contribution is 5.98. The van der Waals surface area contributed by atoms with Crippen molar-refractivity contribution in [1.82, 2.24) is 14.7 Å². The molecule has 34 heavy (non-hydrogen) atoms. The number of aryl methyl sites for hydroxylation is 1. The first-order valence-electron chi connectivity index (χ1n) is 13.5. The highest BCUT2D eigenvalue weighted by atomic mass is 16.5. The maximum atomic E-state index is 12.9. The quantitative estimate of drug-likeness (QED) is 0.402. The number of carbonyl (C=O) groups excluding carboxylic acids is 2. The number of nitrogens with zero attached hydrogens (tertiary/aromatic N) is 3. The van der Waals surface area contributed by atoms with Gasteiger partial charge in [-0.25, -0.2) is 0 Å². The Kier molecular flexibility index (Phi) is 9.01. The second-order valence-electron chi connectivity index (χ2n) is 10.6. The average molecular weight is 470 g/mol. The van der Waals surface area contributed by atoms with Crippen molar-refractivity contribution in [3.8, 4) is 5.75 Å². The van der Waals surface area contributed by atoms with Crippen LogP contribution in [0.3, 0.4) is 0 Å². The molecule has 2 aliphatic heterocycles. The van der Waals surface area contributed by atoms with Gasteiger partial charge in [0.2, 0.25) is 5.91 Å². The number of piperazine rings is 1. The van der Waals surface area contributed by atoms with E-state index in [1.165, 1.54) is 38.6 Å². The molecule has 188 valence electrons. The van der Waals surface area contributed by atoms with Gasteiger partial charge in [-0.3, -0.25) is 14.5 Å². The Balaban J connectivity index is 1.19. The zero-order valence-corrected chi connectivity index (χ0v) is 21.3. The summed E-state index contributed by atoms with van der Waals surface area (Å²) in [6.07, 6.45) is 9.39. The first-order valence-corrected chi connectivity index (χ1v) is 13.5. The molecule has 1 aromatic rings. The monoisotopic (exact) mass is 469 g/mol. The minimum Gasteiger partial charge on any atom is -0.493 e. The summed E-state index contributed by atoms with van der Waals surface area (Å²) in [4.78, 5) is 32.4. The maximum absolute atomic E-state index is 12.9. The summed E-state index contributed by atoms with van der Waals surface area (Å²) >= 11 is 0. The number of likely N-dealkylation sites (tertiary alicyclic amines) is 1. The summed E-state index contributed by atoms with van der Waals surface area (Å²) < 4.78 is 6.01. The van der Waals surface area contributed by atoms with Crippen molar-refractivity contribution < 1.29 is 14.3 Å². The fraction of sp³-hybridized carbons (Fsp3) is 0.714. The Labute approximate surface area is 205 Å². The van der Waals surface area contributed by atoms with Gasteiger partial charge in [0.25, 0.3) is 0 Å². The van der Waals surface area contributed by atoms with Gasteiger partial charge >= 0.3 is 0 Å². The van der Waals surface area contributed by atoms with E-state index in [4.69, 9.17) is 4.74 Å². The Hall–Kier alpha value is -1.92. The molecular weight excluding hydrogens is 426 g/mol. The van der Waals surface area contributed by atoms with E-state index in [0.717, 1.165) is 68.9 Å². The molecule has 1 saturated carbocycles. The molecule has 4 rings (SSSR count). The number of carbonyl (C=O) groups is 2. The van der Waals surface area contributed by atoms with Crippen molar-refractivity contribution in [3.63, 3.8) is 0 Å². The van der Waals surface area contributed by atoms with Gasteiger partial charge in [0.1, 0.15) is 5.75 Å². The van der Waals surface area contributed by atoms with Gasteiger partial charge in [0.05, 0.1) is 13.2 Å². The standard InChI is InChI=1S/C28H43N3O3/c1-22-20-25(11-12-27(22)34-19-7-14-30-13-6-8-23(30)2)26(32)21-29-15-17-31(18-16-29)28(33)24-9-4-3-5-10-24/h11-12,20,23-24H,3-10,13-19,21H2,1-2H3/t23-/m1/s1. The summed E-state index contributed by atoms with van der Waals surface area (Å²) in [5.74, 6) is 1.59. The van der Waals surface area contributed by atoms with Gasteiger partial charge in [-0.2, -0.15) is 0 Å². The SMILES string of the molecule is Cc1cc(C(=O)CN2CCN(C(=O)C3CCCCC3)CC2)ccc1OCCCN1CCC[C@H]1C. The van der Waals surface area contributed by atoms with Crippen LogP contribution in [-0.2, 0) is 4.79 Å². The second-order valence-corrected chi connectivity index (χ2v) is 10.6. The molecule has 2 heterocycles. The van der Waals surface area contributed by atoms with E-state index in [2.05, 4.69) is 16.7 Å². The number of ether oxygens (including phenoxy) is 1. The number of ketones is 1. The van der Waals surface area contributed by atoms with E-state index in [-0.39, 0.29) is 11.7 Å². The van der Waals surface area contributed by atoms with Gasteiger partial charge in [0.15, 0.2) is 5.78 Å². The topological polar surface area (TPSA) is 53.1 Å². The summed E-state index contributed by atoms with van der Waals surface area (Å²) in [5, 5.41) is 0. The molecule has 3 aliphatic rings.